The highest BCUT2D eigenvalue weighted by atomic mass is 32.1. The first-order valence-electron chi connectivity index (χ1n) is 7.85. The van der Waals surface area contributed by atoms with E-state index in [1.807, 2.05) is 0 Å². The quantitative estimate of drug-likeness (QED) is 0.907. The summed E-state index contributed by atoms with van der Waals surface area (Å²) in [5, 5.41) is 6.84. The fraction of sp³-hybridized carbons (Fsp3) is 0.812. The third kappa shape index (κ3) is 3.73. The van der Waals surface area contributed by atoms with Gasteiger partial charge < -0.3 is 10.2 Å². The molecular weight excluding hydrogens is 266 g/mol. The summed E-state index contributed by atoms with van der Waals surface area (Å²) >= 11 is 1.79. The van der Waals surface area contributed by atoms with E-state index in [9.17, 15) is 0 Å². The van der Waals surface area contributed by atoms with Crippen molar-refractivity contribution in [2.45, 2.75) is 53.5 Å². The zero-order valence-electron chi connectivity index (χ0n) is 13.6. The summed E-state index contributed by atoms with van der Waals surface area (Å²) in [5.41, 5.74) is 1.63. The lowest BCUT2D eigenvalue weighted by atomic mass is 9.75. The van der Waals surface area contributed by atoms with Crippen LogP contribution < -0.4 is 10.2 Å². The molecule has 2 heterocycles. The van der Waals surface area contributed by atoms with Crippen molar-refractivity contribution in [3.8, 4) is 0 Å². The lowest BCUT2D eigenvalue weighted by molar-refractivity contribution is 0.199. The summed E-state index contributed by atoms with van der Waals surface area (Å²) in [6.07, 6.45) is 2.59. The minimum absolute atomic E-state index is 0.358. The Bertz CT molecular complexity index is 414. The molecule has 1 aromatic rings. The first-order chi connectivity index (χ1) is 9.41. The zero-order valence-corrected chi connectivity index (χ0v) is 14.4. The van der Waals surface area contributed by atoms with E-state index in [0.29, 0.717) is 11.5 Å². The number of anilines is 1. The van der Waals surface area contributed by atoms with Crippen LogP contribution in [0, 0.1) is 11.3 Å². The third-order valence-corrected chi connectivity index (χ3v) is 5.37. The molecule has 0 radical (unpaired) electrons. The fourth-order valence-electron chi connectivity index (χ4n) is 2.97. The Kier molecular flexibility index (Phi) is 5.08. The van der Waals surface area contributed by atoms with Gasteiger partial charge in [0.05, 0.1) is 5.69 Å². The molecule has 1 aliphatic rings. The van der Waals surface area contributed by atoms with Crippen LogP contribution in [-0.2, 0) is 0 Å². The van der Waals surface area contributed by atoms with E-state index < -0.39 is 0 Å². The summed E-state index contributed by atoms with van der Waals surface area (Å²) in [7, 11) is 0. The van der Waals surface area contributed by atoms with E-state index >= 15 is 0 Å². The van der Waals surface area contributed by atoms with Crippen molar-refractivity contribution in [1.82, 2.24) is 10.3 Å². The normalized spacial score (nSPS) is 19.4. The van der Waals surface area contributed by atoms with Crippen molar-refractivity contribution in [2.24, 2.45) is 11.3 Å². The van der Waals surface area contributed by atoms with E-state index in [0.717, 1.165) is 25.6 Å². The highest BCUT2D eigenvalue weighted by molar-refractivity contribution is 7.13. The molecule has 1 aliphatic heterocycles. The van der Waals surface area contributed by atoms with E-state index in [1.165, 1.54) is 23.7 Å². The summed E-state index contributed by atoms with van der Waals surface area (Å²) in [5.74, 6) is 0.846. The zero-order chi connectivity index (χ0) is 14.8. The molecule has 1 unspecified atom stereocenters. The lowest BCUT2D eigenvalue weighted by Crippen LogP contribution is -2.38. The van der Waals surface area contributed by atoms with Gasteiger partial charge in [-0.15, -0.1) is 11.3 Å². The maximum Gasteiger partial charge on any atom is 0.185 e. The van der Waals surface area contributed by atoms with Gasteiger partial charge in [0.15, 0.2) is 5.13 Å². The fourth-order valence-corrected chi connectivity index (χ4v) is 3.94. The smallest absolute Gasteiger partial charge is 0.185 e. The molecule has 0 saturated carbocycles. The van der Waals surface area contributed by atoms with Gasteiger partial charge in [-0.1, -0.05) is 27.7 Å². The van der Waals surface area contributed by atoms with Crippen molar-refractivity contribution in [1.29, 1.82) is 0 Å². The third-order valence-electron chi connectivity index (χ3n) is 4.45. The average Bonchev–Trinajstić information content (AvgIpc) is 2.88. The van der Waals surface area contributed by atoms with Crippen LogP contribution in [0.1, 0.15) is 59.2 Å². The van der Waals surface area contributed by atoms with Crippen LogP contribution in [0.3, 0.4) is 0 Å². The molecule has 0 aliphatic carbocycles. The standard InChI is InChI=1S/C16H29N3S/c1-6-17-12(2)14-11-20-15(18-14)19-9-7-13(8-10-19)16(3,4)5/h11-13,17H,6-10H2,1-5H3. The predicted molar refractivity (Wildman–Crippen MR) is 88.6 cm³/mol. The number of hydrogen-bond acceptors (Lipinski definition) is 4. The van der Waals surface area contributed by atoms with Crippen LogP contribution >= 0.6 is 11.3 Å². The van der Waals surface area contributed by atoms with Crippen molar-refractivity contribution in [3.63, 3.8) is 0 Å². The van der Waals surface area contributed by atoms with Crippen LogP contribution in [0.15, 0.2) is 5.38 Å². The first kappa shape index (κ1) is 15.8. The molecule has 0 aromatic carbocycles. The highest BCUT2D eigenvalue weighted by Crippen LogP contribution is 2.36. The number of nitrogens with one attached hydrogen (secondary N) is 1. The molecule has 4 heteroatoms. The Morgan fingerprint density at radius 2 is 2.05 bits per heavy atom. The van der Waals surface area contributed by atoms with Gasteiger partial charge in [0.2, 0.25) is 0 Å². The minimum Gasteiger partial charge on any atom is -0.348 e. The number of aromatic nitrogens is 1. The van der Waals surface area contributed by atoms with Crippen LogP contribution in [0.4, 0.5) is 5.13 Å². The Labute approximate surface area is 127 Å². The Balaban J connectivity index is 1.94. The largest absolute Gasteiger partial charge is 0.348 e. The van der Waals surface area contributed by atoms with Crippen LogP contribution in [0.5, 0.6) is 0 Å². The molecule has 1 fully saturated rings. The lowest BCUT2D eigenvalue weighted by Gasteiger charge is -2.38. The van der Waals surface area contributed by atoms with Crippen molar-refractivity contribution in [3.05, 3.63) is 11.1 Å². The maximum absolute atomic E-state index is 4.82. The molecule has 1 atom stereocenters. The first-order valence-corrected chi connectivity index (χ1v) is 8.73. The minimum atomic E-state index is 0.358. The van der Waals surface area contributed by atoms with Crippen molar-refractivity contribution < 1.29 is 0 Å². The van der Waals surface area contributed by atoms with E-state index in [2.05, 4.69) is 50.2 Å². The second-order valence-electron chi connectivity index (χ2n) is 6.96. The SMILES string of the molecule is CCNC(C)c1csc(N2CCC(C(C)(C)C)CC2)n1. The number of piperidine rings is 1. The Morgan fingerprint density at radius 3 is 2.60 bits per heavy atom. The topological polar surface area (TPSA) is 28.2 Å². The summed E-state index contributed by atoms with van der Waals surface area (Å²) < 4.78 is 0. The molecule has 1 aromatic heterocycles. The van der Waals surface area contributed by atoms with Gasteiger partial charge in [-0.3, -0.25) is 0 Å². The summed E-state index contributed by atoms with van der Waals surface area (Å²) in [6.45, 7) is 14.7. The number of rotatable bonds is 4. The predicted octanol–water partition coefficient (Wildman–Crippen LogP) is 4.08. The van der Waals surface area contributed by atoms with Crippen molar-refractivity contribution >= 4 is 16.5 Å². The van der Waals surface area contributed by atoms with Crippen molar-refractivity contribution in [2.75, 3.05) is 24.5 Å². The molecular formula is C16H29N3S. The van der Waals surface area contributed by atoms with E-state index in [-0.39, 0.29) is 0 Å². The van der Waals surface area contributed by atoms with Crippen LogP contribution in [-0.4, -0.2) is 24.6 Å². The molecule has 2 rings (SSSR count). The second-order valence-corrected chi connectivity index (χ2v) is 7.80. The molecule has 20 heavy (non-hydrogen) atoms. The molecule has 0 spiro atoms. The van der Waals surface area contributed by atoms with Gasteiger partial charge in [-0.25, -0.2) is 4.98 Å². The second kappa shape index (κ2) is 6.44. The molecule has 1 saturated heterocycles. The van der Waals surface area contributed by atoms with Gasteiger partial charge in [0.25, 0.3) is 0 Å². The van der Waals surface area contributed by atoms with E-state index in [1.54, 1.807) is 11.3 Å². The summed E-state index contributed by atoms with van der Waals surface area (Å²) in [6, 6.07) is 0.358. The van der Waals surface area contributed by atoms with E-state index in [4.69, 9.17) is 4.98 Å². The molecule has 0 amide bonds. The molecule has 0 bridgehead atoms. The maximum atomic E-state index is 4.82. The monoisotopic (exact) mass is 295 g/mol. The Hall–Kier alpha value is -0.610. The molecule has 114 valence electrons. The average molecular weight is 295 g/mol. The summed E-state index contributed by atoms with van der Waals surface area (Å²) in [4.78, 5) is 7.29. The Morgan fingerprint density at radius 1 is 1.40 bits per heavy atom. The van der Waals surface area contributed by atoms with Gasteiger partial charge in [-0.05, 0) is 37.6 Å². The van der Waals surface area contributed by atoms with Crippen LogP contribution in [0.2, 0.25) is 0 Å². The number of thiazole rings is 1. The van der Waals surface area contributed by atoms with Gasteiger partial charge in [0.1, 0.15) is 0 Å². The molecule has 1 N–H and O–H groups in total. The van der Waals surface area contributed by atoms with Gasteiger partial charge in [-0.2, -0.15) is 0 Å². The molecule has 3 nitrogen and oxygen atoms in total. The highest BCUT2D eigenvalue weighted by Gasteiger charge is 2.29. The van der Waals surface area contributed by atoms with Gasteiger partial charge in [0, 0.05) is 24.5 Å². The van der Waals surface area contributed by atoms with Crippen LogP contribution in [0.25, 0.3) is 0 Å². The number of hydrogen-bond donors (Lipinski definition) is 1. The van der Waals surface area contributed by atoms with Gasteiger partial charge >= 0.3 is 0 Å². The number of nitrogens with zero attached hydrogens (tertiary/aromatic N) is 2.